The maximum Gasteiger partial charge on any atom is 0.229 e. The summed E-state index contributed by atoms with van der Waals surface area (Å²) in [6.07, 6.45) is 6.37. The minimum absolute atomic E-state index is 0.0432. The second-order valence-electron chi connectivity index (χ2n) is 9.73. The molecule has 1 N–H and O–H groups in total. The second-order valence-corrected chi connectivity index (χ2v) is 9.73. The van der Waals surface area contributed by atoms with Gasteiger partial charge in [-0.1, -0.05) is 25.8 Å². The summed E-state index contributed by atoms with van der Waals surface area (Å²) >= 11 is 0. The van der Waals surface area contributed by atoms with Crippen molar-refractivity contribution < 1.29 is 8.78 Å². The number of imidazole rings is 1. The third kappa shape index (κ3) is 4.11. The molecule has 6 rings (SSSR count). The Kier molecular flexibility index (Phi) is 5.87. The van der Waals surface area contributed by atoms with Crippen LogP contribution in [0, 0.1) is 18.6 Å². The molecule has 0 radical (unpaired) electrons. The van der Waals surface area contributed by atoms with Crippen LogP contribution in [0.4, 0.5) is 20.5 Å². The molecule has 3 aromatic heterocycles. The topological polar surface area (TPSA) is 71.8 Å². The first-order valence-electron chi connectivity index (χ1n) is 12.7. The number of rotatable bonds is 5. The number of nitrogens with zero attached hydrogens (tertiary/aromatic N) is 6. The minimum atomic E-state index is -0.610. The highest BCUT2D eigenvalue weighted by atomic mass is 19.1. The Balaban J connectivity index is 1.34. The monoisotopic (exact) mass is 489 g/mol. The highest BCUT2D eigenvalue weighted by molar-refractivity contribution is 5.83. The van der Waals surface area contributed by atoms with E-state index in [9.17, 15) is 4.39 Å². The van der Waals surface area contributed by atoms with Crippen LogP contribution in [-0.2, 0) is 13.0 Å². The molecule has 0 saturated heterocycles. The van der Waals surface area contributed by atoms with Gasteiger partial charge in [0.2, 0.25) is 5.95 Å². The predicted molar refractivity (Wildman–Crippen MR) is 135 cm³/mol. The van der Waals surface area contributed by atoms with Crippen LogP contribution in [0.3, 0.4) is 0 Å². The first-order chi connectivity index (χ1) is 17.5. The summed E-state index contributed by atoms with van der Waals surface area (Å²) in [6, 6.07) is 7.34. The molecular formula is C27H29F2N7. The molecule has 1 saturated carbocycles. The first-order valence-corrected chi connectivity index (χ1v) is 12.7. The number of halogens is 2. The summed E-state index contributed by atoms with van der Waals surface area (Å²) < 4.78 is 32.1. The molecular weight excluding hydrogens is 460 g/mol. The molecule has 0 amide bonds. The molecule has 2 aliphatic rings. The number of hydrogen-bond donors (Lipinski definition) is 1. The Morgan fingerprint density at radius 2 is 1.89 bits per heavy atom. The average molecular weight is 490 g/mol. The molecule has 0 atom stereocenters. The van der Waals surface area contributed by atoms with Gasteiger partial charge in [0.1, 0.15) is 22.9 Å². The maximum atomic E-state index is 15.1. The fourth-order valence-corrected chi connectivity index (χ4v) is 5.59. The van der Waals surface area contributed by atoms with Gasteiger partial charge in [0, 0.05) is 36.8 Å². The Labute approximate surface area is 208 Å². The molecule has 186 valence electrons. The largest absolute Gasteiger partial charge is 0.325 e. The summed E-state index contributed by atoms with van der Waals surface area (Å²) in [4.78, 5) is 20.1. The van der Waals surface area contributed by atoms with Crippen molar-refractivity contribution in [2.24, 2.45) is 0 Å². The van der Waals surface area contributed by atoms with Crippen LogP contribution < -0.4 is 5.32 Å². The van der Waals surface area contributed by atoms with Gasteiger partial charge in [0.05, 0.1) is 11.7 Å². The van der Waals surface area contributed by atoms with Crippen molar-refractivity contribution in [1.82, 2.24) is 29.4 Å². The number of anilines is 2. The molecule has 9 heteroatoms. The fraction of sp³-hybridized carbons (Fsp3) is 0.407. The third-order valence-corrected chi connectivity index (χ3v) is 7.45. The Morgan fingerprint density at radius 3 is 2.69 bits per heavy atom. The van der Waals surface area contributed by atoms with Crippen LogP contribution in [0.1, 0.15) is 55.7 Å². The average Bonchev–Trinajstić information content (AvgIpc) is 3.52. The zero-order valence-corrected chi connectivity index (χ0v) is 20.6. The van der Waals surface area contributed by atoms with E-state index in [0.717, 1.165) is 69.5 Å². The molecule has 0 bridgehead atoms. The SMILES string of the molecule is CCN1CCc2nc(Nc3ncc(F)c(-c4cc(F)c5nc(C)n(C6CCCC6)c5c4)n3)ccc2C1. The van der Waals surface area contributed by atoms with E-state index in [4.69, 9.17) is 4.98 Å². The van der Waals surface area contributed by atoms with Gasteiger partial charge in [-0.15, -0.1) is 0 Å². The number of likely N-dealkylation sites (N-methyl/N-ethyl adjacent to an activating group) is 1. The molecule has 7 nitrogen and oxygen atoms in total. The van der Waals surface area contributed by atoms with E-state index in [2.05, 4.69) is 42.7 Å². The van der Waals surface area contributed by atoms with Crippen molar-refractivity contribution in [1.29, 1.82) is 0 Å². The first kappa shape index (κ1) is 23.0. The lowest BCUT2D eigenvalue weighted by molar-refractivity contribution is 0.266. The van der Waals surface area contributed by atoms with Crippen molar-refractivity contribution in [3.8, 4) is 11.3 Å². The Hall–Kier alpha value is -3.46. The lowest BCUT2D eigenvalue weighted by atomic mass is 10.1. The van der Waals surface area contributed by atoms with E-state index in [1.165, 1.54) is 11.6 Å². The van der Waals surface area contributed by atoms with E-state index in [0.29, 0.717) is 22.4 Å². The number of benzene rings is 1. The van der Waals surface area contributed by atoms with Crippen LogP contribution in [0.15, 0.2) is 30.5 Å². The molecule has 0 spiro atoms. The highest BCUT2D eigenvalue weighted by Gasteiger charge is 2.24. The van der Waals surface area contributed by atoms with Gasteiger partial charge in [0.25, 0.3) is 0 Å². The summed E-state index contributed by atoms with van der Waals surface area (Å²) in [5, 5.41) is 3.10. The number of nitrogens with one attached hydrogen (secondary N) is 1. The molecule has 4 heterocycles. The van der Waals surface area contributed by atoms with E-state index >= 15 is 4.39 Å². The van der Waals surface area contributed by atoms with Crippen molar-refractivity contribution in [2.45, 2.75) is 58.5 Å². The Bertz CT molecular complexity index is 1440. The fourth-order valence-electron chi connectivity index (χ4n) is 5.59. The van der Waals surface area contributed by atoms with Crippen LogP contribution in [0.25, 0.3) is 22.3 Å². The van der Waals surface area contributed by atoms with Crippen molar-refractivity contribution in [2.75, 3.05) is 18.4 Å². The van der Waals surface area contributed by atoms with E-state index in [-0.39, 0.29) is 17.7 Å². The smallest absolute Gasteiger partial charge is 0.229 e. The predicted octanol–water partition coefficient (Wildman–Crippen LogP) is 5.71. The van der Waals surface area contributed by atoms with Crippen LogP contribution in [-0.4, -0.2) is 42.5 Å². The van der Waals surface area contributed by atoms with Gasteiger partial charge >= 0.3 is 0 Å². The zero-order chi connectivity index (χ0) is 24.8. The van der Waals surface area contributed by atoms with Gasteiger partial charge in [-0.3, -0.25) is 4.90 Å². The molecule has 4 aromatic rings. The minimum Gasteiger partial charge on any atom is -0.325 e. The lowest BCUT2D eigenvalue weighted by Crippen LogP contribution is -2.30. The van der Waals surface area contributed by atoms with Gasteiger partial charge in [-0.25, -0.2) is 28.7 Å². The standard InChI is InChI=1S/C27H29F2N7/c1-3-35-11-10-22-17(15-35)8-9-24(32-22)33-27-30-14-21(29)25(34-27)18-12-20(28)26-23(13-18)36(16(2)31-26)19-6-4-5-7-19/h8-9,12-14,19H,3-7,10-11,15H2,1-2H3,(H,30,32,33,34). The van der Waals surface area contributed by atoms with Crippen LogP contribution >= 0.6 is 0 Å². The number of pyridine rings is 1. The van der Waals surface area contributed by atoms with Crippen molar-refractivity contribution in [3.63, 3.8) is 0 Å². The van der Waals surface area contributed by atoms with E-state index < -0.39 is 11.6 Å². The summed E-state index contributed by atoms with van der Waals surface area (Å²) in [7, 11) is 0. The van der Waals surface area contributed by atoms with E-state index in [1.807, 2.05) is 13.0 Å². The van der Waals surface area contributed by atoms with Gasteiger partial charge in [-0.2, -0.15) is 0 Å². The Morgan fingerprint density at radius 1 is 1.06 bits per heavy atom. The van der Waals surface area contributed by atoms with Gasteiger partial charge in [0.15, 0.2) is 11.6 Å². The van der Waals surface area contributed by atoms with E-state index in [1.54, 1.807) is 6.07 Å². The van der Waals surface area contributed by atoms with Crippen molar-refractivity contribution in [3.05, 3.63) is 59.2 Å². The zero-order valence-electron chi connectivity index (χ0n) is 20.6. The molecule has 36 heavy (non-hydrogen) atoms. The molecule has 1 aromatic carbocycles. The maximum absolute atomic E-state index is 15.1. The van der Waals surface area contributed by atoms with Gasteiger partial charge in [-0.05, 0) is 50.1 Å². The van der Waals surface area contributed by atoms with Crippen LogP contribution in [0.2, 0.25) is 0 Å². The summed E-state index contributed by atoms with van der Waals surface area (Å²) in [5.74, 6) is 0.506. The molecule has 1 aliphatic heterocycles. The second kappa shape index (κ2) is 9.20. The lowest BCUT2D eigenvalue weighted by Gasteiger charge is -2.27. The van der Waals surface area contributed by atoms with Gasteiger partial charge < -0.3 is 9.88 Å². The molecule has 1 fully saturated rings. The van der Waals surface area contributed by atoms with Crippen LogP contribution in [0.5, 0.6) is 0 Å². The third-order valence-electron chi connectivity index (χ3n) is 7.45. The summed E-state index contributed by atoms with van der Waals surface area (Å²) in [5.41, 5.74) is 3.67. The normalized spacial score (nSPS) is 16.6. The number of hydrogen-bond acceptors (Lipinski definition) is 6. The quantitative estimate of drug-likeness (QED) is 0.387. The summed E-state index contributed by atoms with van der Waals surface area (Å²) in [6.45, 7) is 6.93. The van der Waals surface area contributed by atoms with Crippen molar-refractivity contribution >= 4 is 22.8 Å². The molecule has 0 unspecified atom stereocenters. The molecule has 1 aliphatic carbocycles. The highest BCUT2D eigenvalue weighted by Crippen LogP contribution is 2.36. The number of aromatic nitrogens is 5. The number of fused-ring (bicyclic) bond motifs is 2. The number of aryl methyl sites for hydroxylation is 1.